The summed E-state index contributed by atoms with van der Waals surface area (Å²) < 4.78 is 17.3. The number of hydrogen-bond donors (Lipinski definition) is 2. The van der Waals surface area contributed by atoms with Gasteiger partial charge in [0, 0.05) is 23.8 Å². The molecule has 1 saturated heterocycles. The third kappa shape index (κ3) is 7.51. The van der Waals surface area contributed by atoms with Crippen molar-refractivity contribution in [3.8, 4) is 5.75 Å². The number of amides is 3. The predicted octanol–water partition coefficient (Wildman–Crippen LogP) is 4.27. The first-order valence-electron chi connectivity index (χ1n) is 17.8. The first-order valence-corrected chi connectivity index (χ1v) is 17.8. The molecule has 2 aromatic rings. The summed E-state index contributed by atoms with van der Waals surface area (Å²) in [4.78, 5) is 73.3. The maximum absolute atomic E-state index is 14.4. The zero-order valence-corrected chi connectivity index (χ0v) is 28.8. The fourth-order valence-electron chi connectivity index (χ4n) is 7.53. The van der Waals surface area contributed by atoms with Gasteiger partial charge in [-0.3, -0.25) is 14.4 Å². The van der Waals surface area contributed by atoms with E-state index in [0.29, 0.717) is 35.9 Å². The Kier molecular flexibility index (Phi) is 10.8. The Labute approximate surface area is 293 Å². The van der Waals surface area contributed by atoms with E-state index < -0.39 is 47.6 Å². The van der Waals surface area contributed by atoms with Crippen LogP contribution >= 0.6 is 0 Å². The Hall–Kier alpha value is -4.42. The van der Waals surface area contributed by atoms with Crippen LogP contribution in [0.2, 0.25) is 6.32 Å². The van der Waals surface area contributed by atoms with Crippen molar-refractivity contribution in [1.29, 1.82) is 0 Å². The lowest BCUT2D eigenvalue weighted by molar-refractivity contribution is -0.148. The smallest absolute Gasteiger partial charge is 0.408 e. The van der Waals surface area contributed by atoms with Crippen LogP contribution in [0.25, 0.3) is 10.9 Å². The van der Waals surface area contributed by atoms with E-state index in [1.807, 2.05) is 37.3 Å². The van der Waals surface area contributed by atoms with Gasteiger partial charge in [0.15, 0.2) is 5.78 Å². The number of hydrogen-bond acceptors (Lipinski definition) is 9. The molecule has 1 aromatic carbocycles. The lowest BCUT2D eigenvalue weighted by Gasteiger charge is -2.29. The molecule has 2 aliphatic carbocycles. The Morgan fingerprint density at radius 2 is 1.86 bits per heavy atom. The number of pyridine rings is 1. The first-order chi connectivity index (χ1) is 24.1. The third-order valence-electron chi connectivity index (χ3n) is 10.4. The number of rotatable bonds is 7. The molecule has 1 aromatic heterocycles. The lowest BCUT2D eigenvalue weighted by atomic mass is 9.98. The molecule has 2 N–H and O–H groups in total. The summed E-state index contributed by atoms with van der Waals surface area (Å²) in [6, 6.07) is 5.18. The average molecular weight is 685 g/mol. The Morgan fingerprint density at radius 1 is 1.08 bits per heavy atom. The van der Waals surface area contributed by atoms with Crippen LogP contribution in [0.5, 0.6) is 5.75 Å². The summed E-state index contributed by atoms with van der Waals surface area (Å²) in [7, 11) is 6.96. The highest BCUT2D eigenvalue weighted by Crippen LogP contribution is 2.46. The average Bonchev–Trinajstić information content (AvgIpc) is 3.38. The molecule has 2 aliphatic heterocycles. The molecule has 3 heterocycles. The van der Waals surface area contributed by atoms with Crippen molar-refractivity contribution in [3.63, 3.8) is 0 Å². The molecule has 3 fully saturated rings. The van der Waals surface area contributed by atoms with E-state index in [-0.39, 0.29) is 42.8 Å². The third-order valence-corrected chi connectivity index (χ3v) is 10.4. The number of para-hydroxylation sites is 1. The van der Waals surface area contributed by atoms with E-state index >= 15 is 0 Å². The van der Waals surface area contributed by atoms with Crippen molar-refractivity contribution in [2.45, 2.75) is 114 Å². The molecule has 6 rings (SSSR count). The second kappa shape index (κ2) is 15.2. The molecule has 2 radical (unpaired) electrons. The van der Waals surface area contributed by atoms with Crippen LogP contribution in [0, 0.1) is 12.8 Å². The predicted molar refractivity (Wildman–Crippen MR) is 185 cm³/mol. The number of carbonyl (C=O) groups excluding carboxylic acids is 5. The summed E-state index contributed by atoms with van der Waals surface area (Å²) in [6.07, 6.45) is 9.82. The number of ether oxygens (including phenoxy) is 3. The van der Waals surface area contributed by atoms with E-state index in [4.69, 9.17) is 22.1 Å². The van der Waals surface area contributed by atoms with Gasteiger partial charge >= 0.3 is 12.1 Å². The molecule has 13 heteroatoms. The van der Waals surface area contributed by atoms with Crippen LogP contribution in [0.15, 0.2) is 36.4 Å². The number of nitrogens with zero attached hydrogens (tertiary/aromatic N) is 2. The lowest BCUT2D eigenvalue weighted by Crippen LogP contribution is -2.56. The number of allylic oxidation sites excluding steroid dienone is 1. The standard InChI is InChI=1S/C37H45BN4O8/c1-22-11-10-15-26-31(18-28(30(43)20-38)39-32(22)26)49-25-17-29-33(44)41-37(35(46)48-2)19-23(37)12-6-4-3-5-7-16-27(34(45)42(29)21-25)40-36(47)50-24-13-8-9-14-24/h6,10-12,15,18,23-25,27,29H,3-5,7-9,13-14,16-17,19-21H2,1-2H3,(H,40,47)(H,41,44)/b12-6-/t23?,25-,27+,29+,37-/m1/s1. The number of ketones is 1. The van der Waals surface area contributed by atoms with Crippen LogP contribution in [-0.4, -0.2) is 90.9 Å². The molecule has 12 nitrogen and oxygen atoms in total. The Balaban J connectivity index is 1.32. The van der Waals surface area contributed by atoms with E-state index in [9.17, 15) is 24.0 Å². The van der Waals surface area contributed by atoms with Gasteiger partial charge in [-0.1, -0.05) is 37.1 Å². The van der Waals surface area contributed by atoms with E-state index in [1.54, 1.807) is 6.07 Å². The summed E-state index contributed by atoms with van der Waals surface area (Å²) in [5.74, 6) is -1.69. The molecule has 2 saturated carbocycles. The Morgan fingerprint density at radius 3 is 2.62 bits per heavy atom. The summed E-state index contributed by atoms with van der Waals surface area (Å²) in [6.45, 7) is 1.91. The van der Waals surface area contributed by atoms with Crippen LogP contribution in [0.1, 0.15) is 86.7 Å². The molecule has 0 spiro atoms. The normalized spacial score (nSPS) is 28.0. The van der Waals surface area contributed by atoms with Crippen molar-refractivity contribution in [2.24, 2.45) is 5.92 Å². The number of fused-ring (bicyclic) bond motifs is 3. The van der Waals surface area contributed by atoms with Crippen molar-refractivity contribution in [1.82, 2.24) is 20.5 Å². The van der Waals surface area contributed by atoms with E-state index in [2.05, 4.69) is 15.6 Å². The minimum absolute atomic E-state index is 0.0249. The zero-order valence-electron chi connectivity index (χ0n) is 28.8. The number of aryl methyl sites for hydroxylation is 1. The van der Waals surface area contributed by atoms with Gasteiger partial charge in [-0.2, -0.15) is 0 Å². The highest BCUT2D eigenvalue weighted by Gasteiger charge is 2.62. The SMILES string of the molecule is [B]CC(=O)c1cc(O[C@@H]2C[C@H]3C(=O)N[C@]4(C(=O)OC)CC4/C=C\CCCCC[C@H](NC(=O)OC4CCCC4)C(=O)N3C2)c2cccc(C)c2n1. The maximum atomic E-state index is 14.4. The number of aromatic nitrogens is 1. The monoisotopic (exact) mass is 684 g/mol. The second-order valence-electron chi connectivity index (χ2n) is 13.9. The van der Waals surface area contributed by atoms with Gasteiger partial charge < -0.3 is 29.7 Å². The van der Waals surface area contributed by atoms with Gasteiger partial charge in [0.2, 0.25) is 11.8 Å². The molecular formula is C37H45BN4O8. The van der Waals surface area contributed by atoms with Gasteiger partial charge in [-0.25, -0.2) is 14.6 Å². The number of Topliss-reactive ketones (excluding diaryl/α,β-unsaturated/α-hetero) is 1. The van der Waals surface area contributed by atoms with Crippen molar-refractivity contribution >= 4 is 48.4 Å². The molecule has 50 heavy (non-hydrogen) atoms. The van der Waals surface area contributed by atoms with Gasteiger partial charge in [0.25, 0.3) is 0 Å². The van der Waals surface area contributed by atoms with Gasteiger partial charge in [0.05, 0.1) is 27.0 Å². The second-order valence-corrected chi connectivity index (χ2v) is 13.9. The maximum Gasteiger partial charge on any atom is 0.408 e. The minimum atomic E-state index is -1.23. The molecule has 5 atom stereocenters. The quantitative estimate of drug-likeness (QED) is 0.189. The highest BCUT2D eigenvalue weighted by molar-refractivity contribution is 6.23. The number of alkyl carbamates (subject to hydrolysis) is 1. The first kappa shape index (κ1) is 35.4. The topological polar surface area (TPSA) is 153 Å². The number of nitrogens with one attached hydrogen (secondary N) is 2. The zero-order chi connectivity index (χ0) is 35.4. The number of methoxy groups -OCH3 is 1. The molecule has 0 bridgehead atoms. The summed E-state index contributed by atoms with van der Waals surface area (Å²) >= 11 is 0. The molecule has 1 unspecified atom stereocenters. The fraction of sp³-hybridized carbons (Fsp3) is 0.568. The van der Waals surface area contributed by atoms with E-state index in [1.165, 1.54) is 12.0 Å². The van der Waals surface area contributed by atoms with Crippen LogP contribution < -0.4 is 15.4 Å². The molecular weight excluding hydrogens is 639 g/mol. The highest BCUT2D eigenvalue weighted by atomic mass is 16.6. The van der Waals surface area contributed by atoms with Crippen LogP contribution in [0.3, 0.4) is 0 Å². The molecule has 3 amide bonds. The van der Waals surface area contributed by atoms with Crippen LogP contribution in [-0.2, 0) is 23.9 Å². The summed E-state index contributed by atoms with van der Waals surface area (Å²) in [5, 5.41) is 6.43. The number of benzene rings is 1. The minimum Gasteiger partial charge on any atom is -0.488 e. The van der Waals surface area contributed by atoms with Gasteiger partial charge in [-0.15, -0.1) is 0 Å². The van der Waals surface area contributed by atoms with Crippen molar-refractivity contribution in [3.05, 3.63) is 47.7 Å². The van der Waals surface area contributed by atoms with Crippen molar-refractivity contribution in [2.75, 3.05) is 13.7 Å². The largest absolute Gasteiger partial charge is 0.488 e. The van der Waals surface area contributed by atoms with E-state index in [0.717, 1.165) is 50.5 Å². The number of carbonyl (C=O) groups is 5. The summed E-state index contributed by atoms with van der Waals surface area (Å²) in [5.41, 5.74) is 0.354. The molecule has 4 aliphatic rings. The Bertz CT molecular complexity index is 1680. The van der Waals surface area contributed by atoms with Crippen LogP contribution in [0.4, 0.5) is 4.79 Å². The number of esters is 1. The van der Waals surface area contributed by atoms with Gasteiger partial charge in [0.1, 0.15) is 41.3 Å². The van der Waals surface area contributed by atoms with Crippen molar-refractivity contribution < 1.29 is 38.2 Å². The van der Waals surface area contributed by atoms with Gasteiger partial charge in [-0.05, 0) is 76.2 Å². The fourth-order valence-corrected chi connectivity index (χ4v) is 7.53. The molecule has 264 valence electrons.